The second-order valence-electron chi connectivity index (χ2n) is 4.93. The highest BCUT2D eigenvalue weighted by atomic mass is 35.5. The van der Waals surface area contributed by atoms with Gasteiger partial charge in [-0.1, -0.05) is 12.1 Å². The number of piperazine rings is 1. The van der Waals surface area contributed by atoms with Gasteiger partial charge in [0.05, 0.1) is 12.7 Å². The molecule has 1 aromatic carbocycles. The summed E-state index contributed by atoms with van der Waals surface area (Å²) in [6, 6.07) is 7.68. The van der Waals surface area contributed by atoms with Crippen LogP contribution in [-0.2, 0) is 4.74 Å². The molecule has 118 valence electrons. The largest absolute Gasteiger partial charge is 0.465 e. The van der Waals surface area contributed by atoms with E-state index >= 15 is 0 Å². The summed E-state index contributed by atoms with van der Waals surface area (Å²) in [4.78, 5) is 13.8. The Bertz CT molecular complexity index is 433. The van der Waals surface area contributed by atoms with E-state index in [4.69, 9.17) is 4.74 Å². The summed E-state index contributed by atoms with van der Waals surface area (Å²) in [7, 11) is 1.38. The average molecular weight is 315 g/mol. The van der Waals surface area contributed by atoms with Gasteiger partial charge in [-0.2, -0.15) is 0 Å². The number of nitrogens with zero attached hydrogens (tertiary/aromatic N) is 1. The molecule has 1 atom stereocenters. The third-order valence-electron chi connectivity index (χ3n) is 3.71. The molecule has 0 amide bonds. The van der Waals surface area contributed by atoms with Crippen molar-refractivity contribution in [2.45, 2.75) is 12.5 Å². The van der Waals surface area contributed by atoms with E-state index in [-0.39, 0.29) is 31.0 Å². The van der Waals surface area contributed by atoms with Gasteiger partial charge in [-0.25, -0.2) is 4.79 Å². The number of aliphatic hydroxyl groups excluding tert-OH is 1. The normalized spacial score (nSPS) is 16.9. The number of ether oxygens (including phenoxy) is 1. The Morgan fingerprint density at radius 1 is 1.33 bits per heavy atom. The molecule has 1 aliphatic rings. The minimum absolute atomic E-state index is 0. The van der Waals surface area contributed by atoms with E-state index in [1.165, 1.54) is 7.11 Å². The van der Waals surface area contributed by atoms with Crippen LogP contribution in [0.2, 0.25) is 0 Å². The van der Waals surface area contributed by atoms with E-state index in [1.807, 2.05) is 12.1 Å². The molecule has 2 N–H and O–H groups in total. The number of esters is 1. The van der Waals surface area contributed by atoms with Crippen LogP contribution < -0.4 is 5.32 Å². The predicted octanol–water partition coefficient (Wildman–Crippen LogP) is 1.22. The third kappa shape index (κ3) is 4.68. The minimum atomic E-state index is -0.322. The number of methoxy groups -OCH3 is 1. The molecule has 0 bridgehead atoms. The van der Waals surface area contributed by atoms with E-state index in [0.717, 1.165) is 31.7 Å². The first-order chi connectivity index (χ1) is 9.76. The zero-order valence-corrected chi connectivity index (χ0v) is 13.1. The molecule has 0 aromatic heterocycles. The zero-order chi connectivity index (χ0) is 14.4. The Kier molecular flexibility index (Phi) is 7.67. The van der Waals surface area contributed by atoms with Crippen LogP contribution >= 0.6 is 12.4 Å². The van der Waals surface area contributed by atoms with Crippen molar-refractivity contribution in [2.24, 2.45) is 0 Å². The molecule has 21 heavy (non-hydrogen) atoms. The van der Waals surface area contributed by atoms with Gasteiger partial charge in [-0.15, -0.1) is 12.4 Å². The Morgan fingerprint density at radius 3 is 2.48 bits per heavy atom. The number of halogens is 1. The molecular formula is C15H23ClN2O3. The molecule has 5 nitrogen and oxygen atoms in total. The van der Waals surface area contributed by atoms with Gasteiger partial charge in [0, 0.05) is 38.8 Å². The number of nitrogens with one attached hydrogen (secondary N) is 1. The maximum absolute atomic E-state index is 11.4. The first kappa shape index (κ1) is 17.9. The van der Waals surface area contributed by atoms with Gasteiger partial charge in [0.1, 0.15) is 0 Å². The predicted molar refractivity (Wildman–Crippen MR) is 83.9 cm³/mol. The molecule has 0 aliphatic carbocycles. The quantitative estimate of drug-likeness (QED) is 0.800. The maximum Gasteiger partial charge on any atom is 0.337 e. The Hall–Kier alpha value is -1.14. The molecule has 1 aromatic rings. The monoisotopic (exact) mass is 314 g/mol. The van der Waals surface area contributed by atoms with E-state index in [2.05, 4.69) is 10.2 Å². The number of hydrogen-bond acceptors (Lipinski definition) is 5. The number of carbonyl (C=O) groups excluding carboxylic acids is 1. The van der Waals surface area contributed by atoms with Crippen LogP contribution in [0.5, 0.6) is 0 Å². The SMILES string of the molecule is COC(=O)c1ccc([C@H](CCO)N2CCNCC2)cc1.Cl. The first-order valence-electron chi connectivity index (χ1n) is 7.00. The Balaban J connectivity index is 0.00000220. The summed E-state index contributed by atoms with van der Waals surface area (Å²) in [5.74, 6) is -0.322. The van der Waals surface area contributed by atoms with Crippen molar-refractivity contribution in [2.75, 3.05) is 39.9 Å². The van der Waals surface area contributed by atoms with Gasteiger partial charge in [-0.05, 0) is 24.1 Å². The zero-order valence-electron chi connectivity index (χ0n) is 12.2. The molecule has 1 fully saturated rings. The molecule has 1 aliphatic heterocycles. The van der Waals surface area contributed by atoms with Crippen LogP contribution in [0, 0.1) is 0 Å². The maximum atomic E-state index is 11.4. The van der Waals surface area contributed by atoms with Gasteiger partial charge in [-0.3, -0.25) is 4.90 Å². The smallest absolute Gasteiger partial charge is 0.337 e. The highest BCUT2D eigenvalue weighted by molar-refractivity contribution is 5.89. The Morgan fingerprint density at radius 2 is 1.95 bits per heavy atom. The van der Waals surface area contributed by atoms with Crippen LogP contribution in [-0.4, -0.2) is 55.9 Å². The summed E-state index contributed by atoms with van der Waals surface area (Å²) >= 11 is 0. The van der Waals surface area contributed by atoms with E-state index in [9.17, 15) is 9.90 Å². The molecule has 0 saturated carbocycles. The molecule has 2 rings (SSSR count). The summed E-state index contributed by atoms with van der Waals surface area (Å²) < 4.78 is 4.70. The van der Waals surface area contributed by atoms with Crippen LogP contribution in [0.15, 0.2) is 24.3 Å². The standard InChI is InChI=1S/C15H22N2O3.ClH/c1-20-15(19)13-4-2-12(3-5-13)14(6-11-18)17-9-7-16-8-10-17;/h2-5,14,16,18H,6-11H2,1H3;1H/t14-;/m0./s1. The van der Waals surface area contributed by atoms with Crippen LogP contribution in [0.25, 0.3) is 0 Å². The van der Waals surface area contributed by atoms with Crippen molar-refractivity contribution in [3.8, 4) is 0 Å². The lowest BCUT2D eigenvalue weighted by Crippen LogP contribution is -2.45. The molecule has 1 heterocycles. The van der Waals surface area contributed by atoms with Crippen molar-refractivity contribution >= 4 is 18.4 Å². The minimum Gasteiger partial charge on any atom is -0.465 e. The lowest BCUT2D eigenvalue weighted by molar-refractivity contribution is 0.0600. The van der Waals surface area contributed by atoms with Crippen LogP contribution in [0.4, 0.5) is 0 Å². The molecule has 0 spiro atoms. The number of rotatable bonds is 5. The average Bonchev–Trinajstić information content (AvgIpc) is 2.53. The van der Waals surface area contributed by atoms with Crippen molar-refractivity contribution in [3.63, 3.8) is 0 Å². The van der Waals surface area contributed by atoms with Crippen molar-refractivity contribution in [1.29, 1.82) is 0 Å². The third-order valence-corrected chi connectivity index (χ3v) is 3.71. The highest BCUT2D eigenvalue weighted by Gasteiger charge is 2.21. The first-order valence-corrected chi connectivity index (χ1v) is 7.00. The number of carbonyl (C=O) groups is 1. The fourth-order valence-electron chi connectivity index (χ4n) is 2.64. The second-order valence-corrected chi connectivity index (χ2v) is 4.93. The fraction of sp³-hybridized carbons (Fsp3) is 0.533. The van der Waals surface area contributed by atoms with Crippen LogP contribution in [0.3, 0.4) is 0 Å². The van der Waals surface area contributed by atoms with Crippen LogP contribution in [0.1, 0.15) is 28.4 Å². The number of aliphatic hydroxyl groups is 1. The summed E-state index contributed by atoms with van der Waals surface area (Å²) in [6.45, 7) is 4.06. The van der Waals surface area contributed by atoms with Crippen molar-refractivity contribution in [3.05, 3.63) is 35.4 Å². The van der Waals surface area contributed by atoms with Gasteiger partial charge < -0.3 is 15.2 Å². The summed E-state index contributed by atoms with van der Waals surface area (Å²) in [5, 5.41) is 12.6. The summed E-state index contributed by atoms with van der Waals surface area (Å²) in [6.07, 6.45) is 0.706. The van der Waals surface area contributed by atoms with E-state index in [1.54, 1.807) is 12.1 Å². The molecule has 1 saturated heterocycles. The van der Waals surface area contributed by atoms with Gasteiger partial charge in [0.15, 0.2) is 0 Å². The lowest BCUT2D eigenvalue weighted by atomic mass is 10.00. The lowest BCUT2D eigenvalue weighted by Gasteiger charge is -2.35. The fourth-order valence-corrected chi connectivity index (χ4v) is 2.64. The second kappa shape index (κ2) is 9.00. The number of benzene rings is 1. The van der Waals surface area contributed by atoms with Gasteiger partial charge in [0.2, 0.25) is 0 Å². The van der Waals surface area contributed by atoms with Crippen molar-refractivity contribution in [1.82, 2.24) is 10.2 Å². The number of hydrogen-bond donors (Lipinski definition) is 2. The van der Waals surface area contributed by atoms with Gasteiger partial charge >= 0.3 is 5.97 Å². The molecule has 0 unspecified atom stereocenters. The molecule has 0 radical (unpaired) electrons. The molecule has 6 heteroatoms. The van der Waals surface area contributed by atoms with E-state index < -0.39 is 0 Å². The van der Waals surface area contributed by atoms with E-state index in [0.29, 0.717) is 12.0 Å². The Labute approximate surface area is 131 Å². The highest BCUT2D eigenvalue weighted by Crippen LogP contribution is 2.24. The summed E-state index contributed by atoms with van der Waals surface area (Å²) in [5.41, 5.74) is 1.69. The molecular weight excluding hydrogens is 292 g/mol. The van der Waals surface area contributed by atoms with Gasteiger partial charge in [0.25, 0.3) is 0 Å². The topological polar surface area (TPSA) is 61.8 Å². The van der Waals surface area contributed by atoms with Crippen molar-refractivity contribution < 1.29 is 14.6 Å².